The van der Waals surface area contributed by atoms with E-state index in [0.29, 0.717) is 12.2 Å². The number of carbonyl (C=O) groups excluding carboxylic acids is 1. The Bertz CT molecular complexity index is 806. The molecular formula is C19H19NO3S. The molecule has 1 aliphatic rings. The van der Waals surface area contributed by atoms with Gasteiger partial charge in [-0.2, -0.15) is 0 Å². The van der Waals surface area contributed by atoms with Crippen LogP contribution in [0.25, 0.3) is 10.1 Å². The van der Waals surface area contributed by atoms with Crippen molar-refractivity contribution in [1.82, 2.24) is 4.90 Å². The molecule has 1 aliphatic heterocycles. The lowest BCUT2D eigenvalue weighted by Crippen LogP contribution is -2.36. The van der Waals surface area contributed by atoms with E-state index in [-0.39, 0.29) is 11.9 Å². The SMILES string of the molecule is O=C(c1cc2ccccc2s1)N1CCCC1CC(O)c1ccco1. The van der Waals surface area contributed by atoms with E-state index >= 15 is 0 Å². The molecule has 3 aromatic rings. The van der Waals surface area contributed by atoms with Crippen LogP contribution in [0, 0.1) is 0 Å². The van der Waals surface area contributed by atoms with Crippen LogP contribution < -0.4 is 0 Å². The quantitative estimate of drug-likeness (QED) is 0.773. The second-order valence-electron chi connectivity index (χ2n) is 6.21. The van der Waals surface area contributed by atoms with Crippen molar-refractivity contribution in [2.45, 2.75) is 31.4 Å². The summed E-state index contributed by atoms with van der Waals surface area (Å²) in [5, 5.41) is 11.4. The first-order chi connectivity index (χ1) is 11.7. The number of nitrogens with zero attached hydrogens (tertiary/aromatic N) is 1. The van der Waals surface area contributed by atoms with Crippen LogP contribution >= 0.6 is 11.3 Å². The number of aliphatic hydroxyl groups excluding tert-OH is 1. The predicted octanol–water partition coefficient (Wildman–Crippen LogP) is 4.22. The fourth-order valence-electron chi connectivity index (χ4n) is 3.43. The second kappa shape index (κ2) is 6.42. The molecule has 0 radical (unpaired) electrons. The van der Waals surface area contributed by atoms with Crippen molar-refractivity contribution in [1.29, 1.82) is 0 Å². The van der Waals surface area contributed by atoms with Gasteiger partial charge in [-0.1, -0.05) is 18.2 Å². The fraction of sp³-hybridized carbons (Fsp3) is 0.316. The van der Waals surface area contributed by atoms with Crippen LogP contribution in [-0.2, 0) is 0 Å². The maximum absolute atomic E-state index is 12.9. The standard InChI is InChI=1S/C19H19NO3S/c21-15(16-7-4-10-23-16)12-14-6-3-9-20(14)19(22)18-11-13-5-1-2-8-17(13)24-18/h1-2,4-5,7-8,10-11,14-15,21H,3,6,9,12H2. The summed E-state index contributed by atoms with van der Waals surface area (Å²) < 4.78 is 6.41. The first kappa shape index (κ1) is 15.4. The zero-order chi connectivity index (χ0) is 16.5. The predicted molar refractivity (Wildman–Crippen MR) is 94.2 cm³/mol. The zero-order valence-electron chi connectivity index (χ0n) is 13.2. The third-order valence-electron chi connectivity index (χ3n) is 4.64. The fourth-order valence-corrected chi connectivity index (χ4v) is 4.45. The number of likely N-dealkylation sites (tertiary alicyclic amines) is 1. The number of furan rings is 1. The molecular weight excluding hydrogens is 322 g/mol. The van der Waals surface area contributed by atoms with Gasteiger partial charge in [0, 0.05) is 23.7 Å². The van der Waals surface area contributed by atoms with Crippen molar-refractivity contribution in [3.8, 4) is 0 Å². The first-order valence-corrected chi connectivity index (χ1v) is 9.05. The number of thiophene rings is 1. The van der Waals surface area contributed by atoms with Gasteiger partial charge in [0.2, 0.25) is 0 Å². The van der Waals surface area contributed by atoms with E-state index in [9.17, 15) is 9.90 Å². The normalized spacial score (nSPS) is 19.0. The average Bonchev–Trinajstić information content (AvgIpc) is 3.33. The number of fused-ring (bicyclic) bond motifs is 1. The van der Waals surface area contributed by atoms with Crippen LogP contribution in [0.4, 0.5) is 0 Å². The molecule has 124 valence electrons. The molecule has 5 heteroatoms. The molecule has 1 fully saturated rings. The summed E-state index contributed by atoms with van der Waals surface area (Å²) in [7, 11) is 0. The minimum Gasteiger partial charge on any atom is -0.467 e. The van der Waals surface area contributed by atoms with Gasteiger partial charge >= 0.3 is 0 Å². The van der Waals surface area contributed by atoms with Gasteiger partial charge in [0.05, 0.1) is 11.1 Å². The molecule has 1 saturated heterocycles. The number of benzene rings is 1. The highest BCUT2D eigenvalue weighted by molar-refractivity contribution is 7.20. The Labute approximate surface area is 144 Å². The molecule has 0 aliphatic carbocycles. The maximum Gasteiger partial charge on any atom is 0.264 e. The van der Waals surface area contributed by atoms with Crippen molar-refractivity contribution in [2.75, 3.05) is 6.54 Å². The minimum atomic E-state index is -0.666. The highest BCUT2D eigenvalue weighted by Crippen LogP contribution is 2.32. The number of amides is 1. The van der Waals surface area contributed by atoms with E-state index in [0.717, 1.165) is 34.3 Å². The average molecular weight is 341 g/mol. The van der Waals surface area contributed by atoms with Gasteiger partial charge in [-0.3, -0.25) is 4.79 Å². The first-order valence-electron chi connectivity index (χ1n) is 8.23. The van der Waals surface area contributed by atoms with Gasteiger partial charge in [-0.25, -0.2) is 0 Å². The van der Waals surface area contributed by atoms with Gasteiger partial charge in [0.1, 0.15) is 11.9 Å². The molecule has 4 rings (SSSR count). The van der Waals surface area contributed by atoms with Crippen LogP contribution in [0.1, 0.15) is 40.8 Å². The van der Waals surface area contributed by atoms with Crippen molar-refractivity contribution >= 4 is 27.3 Å². The lowest BCUT2D eigenvalue weighted by atomic mass is 10.1. The Morgan fingerprint density at radius 3 is 3.00 bits per heavy atom. The van der Waals surface area contributed by atoms with Crippen LogP contribution in [0.3, 0.4) is 0 Å². The number of aliphatic hydroxyl groups is 1. The van der Waals surface area contributed by atoms with Crippen LogP contribution in [-0.4, -0.2) is 28.5 Å². The number of rotatable bonds is 4. The molecule has 2 aromatic heterocycles. The molecule has 1 aromatic carbocycles. The van der Waals surface area contributed by atoms with E-state index in [2.05, 4.69) is 0 Å². The van der Waals surface area contributed by atoms with E-state index < -0.39 is 6.10 Å². The van der Waals surface area contributed by atoms with Gasteiger partial charge in [-0.15, -0.1) is 11.3 Å². The zero-order valence-corrected chi connectivity index (χ0v) is 14.0. The summed E-state index contributed by atoms with van der Waals surface area (Å²) in [6.07, 6.45) is 3.32. The number of carbonyl (C=O) groups is 1. The molecule has 0 bridgehead atoms. The van der Waals surface area contributed by atoms with Gasteiger partial charge in [0.25, 0.3) is 5.91 Å². The van der Waals surface area contributed by atoms with Crippen LogP contribution in [0.15, 0.2) is 53.1 Å². The van der Waals surface area contributed by atoms with E-state index in [1.165, 1.54) is 11.3 Å². The highest BCUT2D eigenvalue weighted by Gasteiger charge is 2.32. The molecule has 1 N–H and O–H groups in total. The van der Waals surface area contributed by atoms with E-state index in [1.54, 1.807) is 18.4 Å². The molecule has 1 amide bonds. The van der Waals surface area contributed by atoms with Crippen molar-refractivity contribution in [3.63, 3.8) is 0 Å². The molecule has 24 heavy (non-hydrogen) atoms. The topological polar surface area (TPSA) is 53.7 Å². The van der Waals surface area contributed by atoms with Gasteiger partial charge < -0.3 is 14.4 Å². The molecule has 0 spiro atoms. The van der Waals surface area contributed by atoms with E-state index in [4.69, 9.17) is 4.42 Å². The van der Waals surface area contributed by atoms with Crippen molar-refractivity contribution in [3.05, 3.63) is 59.4 Å². The van der Waals surface area contributed by atoms with Gasteiger partial charge in [-0.05, 0) is 42.5 Å². The summed E-state index contributed by atoms with van der Waals surface area (Å²) in [5.74, 6) is 0.640. The summed E-state index contributed by atoms with van der Waals surface area (Å²) in [6.45, 7) is 0.753. The Morgan fingerprint density at radius 2 is 2.21 bits per heavy atom. The number of hydrogen-bond acceptors (Lipinski definition) is 4. The number of hydrogen-bond donors (Lipinski definition) is 1. The third kappa shape index (κ3) is 2.85. The van der Waals surface area contributed by atoms with Crippen molar-refractivity contribution < 1.29 is 14.3 Å². The lowest BCUT2D eigenvalue weighted by Gasteiger charge is -2.25. The van der Waals surface area contributed by atoms with E-state index in [1.807, 2.05) is 35.2 Å². The van der Waals surface area contributed by atoms with Crippen molar-refractivity contribution in [2.24, 2.45) is 0 Å². The largest absolute Gasteiger partial charge is 0.467 e. The smallest absolute Gasteiger partial charge is 0.264 e. The lowest BCUT2D eigenvalue weighted by molar-refractivity contribution is 0.0646. The Kier molecular flexibility index (Phi) is 4.12. The Morgan fingerprint density at radius 1 is 1.33 bits per heavy atom. The Hall–Kier alpha value is -2.11. The monoisotopic (exact) mass is 341 g/mol. The minimum absolute atomic E-state index is 0.0582. The molecule has 0 saturated carbocycles. The Balaban J connectivity index is 1.52. The summed E-state index contributed by atoms with van der Waals surface area (Å²) in [5.41, 5.74) is 0. The molecule has 4 nitrogen and oxygen atoms in total. The maximum atomic E-state index is 12.9. The van der Waals surface area contributed by atoms with Crippen LogP contribution in [0.5, 0.6) is 0 Å². The second-order valence-corrected chi connectivity index (χ2v) is 7.29. The summed E-state index contributed by atoms with van der Waals surface area (Å²) in [4.78, 5) is 15.6. The summed E-state index contributed by atoms with van der Waals surface area (Å²) >= 11 is 1.54. The van der Waals surface area contributed by atoms with Gasteiger partial charge in [0.15, 0.2) is 0 Å². The molecule has 2 unspecified atom stereocenters. The third-order valence-corrected chi connectivity index (χ3v) is 5.75. The van der Waals surface area contributed by atoms with Crippen LogP contribution in [0.2, 0.25) is 0 Å². The summed E-state index contributed by atoms with van der Waals surface area (Å²) in [6, 6.07) is 13.6. The highest BCUT2D eigenvalue weighted by atomic mass is 32.1. The molecule has 2 atom stereocenters. The molecule has 3 heterocycles.